The minimum atomic E-state index is -0.336. The van der Waals surface area contributed by atoms with Crippen LogP contribution in [-0.2, 0) is 6.42 Å². The second-order valence-electron chi connectivity index (χ2n) is 3.88. The molecule has 5 nitrogen and oxygen atoms in total. The molecule has 0 saturated heterocycles. The maximum Gasteiger partial charge on any atom is 0.134 e. The van der Waals surface area contributed by atoms with Gasteiger partial charge in [0.25, 0.3) is 0 Å². The van der Waals surface area contributed by atoms with E-state index in [9.17, 15) is 5.11 Å². The summed E-state index contributed by atoms with van der Waals surface area (Å²) in [5, 5.41) is 15.9. The van der Waals surface area contributed by atoms with Gasteiger partial charge in [0, 0.05) is 18.7 Å². The van der Waals surface area contributed by atoms with Gasteiger partial charge in [0.1, 0.15) is 18.0 Å². The Bertz CT molecular complexity index is 343. The summed E-state index contributed by atoms with van der Waals surface area (Å²) in [5.41, 5.74) is 1.07. The molecule has 5 heteroatoms. The lowest BCUT2D eigenvalue weighted by atomic mass is 10.2. The summed E-state index contributed by atoms with van der Waals surface area (Å²) in [6, 6.07) is 0. The Morgan fingerprint density at radius 3 is 2.35 bits per heavy atom. The zero-order valence-electron chi connectivity index (χ0n) is 10.8. The number of rotatable bonds is 7. The van der Waals surface area contributed by atoms with E-state index in [0.717, 1.165) is 36.6 Å². The molecule has 0 aliphatic heterocycles. The van der Waals surface area contributed by atoms with Crippen molar-refractivity contribution in [3.63, 3.8) is 0 Å². The van der Waals surface area contributed by atoms with Crippen molar-refractivity contribution in [2.24, 2.45) is 0 Å². The number of nitrogens with zero attached hydrogens (tertiary/aromatic N) is 2. The molecule has 0 aromatic carbocycles. The summed E-state index contributed by atoms with van der Waals surface area (Å²) >= 11 is 0. The molecule has 96 valence electrons. The topological polar surface area (TPSA) is 70.1 Å². The van der Waals surface area contributed by atoms with Gasteiger partial charge in [0.2, 0.25) is 0 Å². The van der Waals surface area contributed by atoms with Crippen LogP contribution in [0.5, 0.6) is 0 Å². The van der Waals surface area contributed by atoms with Crippen molar-refractivity contribution >= 4 is 11.6 Å². The highest BCUT2D eigenvalue weighted by atomic mass is 16.3. The normalized spacial score (nSPS) is 12.2. The van der Waals surface area contributed by atoms with Crippen LogP contribution < -0.4 is 10.6 Å². The second kappa shape index (κ2) is 7.06. The van der Waals surface area contributed by atoms with Crippen LogP contribution in [0.25, 0.3) is 0 Å². The third-order valence-electron chi connectivity index (χ3n) is 2.62. The number of aromatic nitrogens is 2. The van der Waals surface area contributed by atoms with Gasteiger partial charge in [-0.05, 0) is 19.8 Å². The van der Waals surface area contributed by atoms with Crippen molar-refractivity contribution in [2.45, 2.75) is 39.7 Å². The summed E-state index contributed by atoms with van der Waals surface area (Å²) in [4.78, 5) is 8.45. The molecule has 3 N–H and O–H groups in total. The Kier molecular flexibility index (Phi) is 5.69. The van der Waals surface area contributed by atoms with Gasteiger partial charge >= 0.3 is 0 Å². The number of nitrogens with one attached hydrogen (secondary N) is 2. The van der Waals surface area contributed by atoms with E-state index in [-0.39, 0.29) is 6.10 Å². The standard InChI is InChI=1S/C12H22N4O/c1-4-9(17)7-14-12-10(5-2)11(13-6-3)15-8-16-12/h8-9,17H,4-7H2,1-3H3,(H2,13,14,15,16). The predicted molar refractivity (Wildman–Crippen MR) is 70.4 cm³/mol. The van der Waals surface area contributed by atoms with E-state index in [1.165, 1.54) is 6.33 Å². The maximum absolute atomic E-state index is 9.53. The number of anilines is 2. The Morgan fingerprint density at radius 2 is 1.82 bits per heavy atom. The molecule has 0 bridgehead atoms. The lowest BCUT2D eigenvalue weighted by Gasteiger charge is -2.15. The van der Waals surface area contributed by atoms with Gasteiger partial charge < -0.3 is 15.7 Å². The fourth-order valence-corrected chi connectivity index (χ4v) is 1.58. The molecule has 0 aliphatic rings. The Morgan fingerprint density at radius 1 is 1.18 bits per heavy atom. The maximum atomic E-state index is 9.53. The fourth-order valence-electron chi connectivity index (χ4n) is 1.58. The molecule has 0 aliphatic carbocycles. The minimum absolute atomic E-state index is 0.336. The van der Waals surface area contributed by atoms with Gasteiger partial charge in [-0.2, -0.15) is 0 Å². The summed E-state index contributed by atoms with van der Waals surface area (Å²) in [5.74, 6) is 1.68. The van der Waals surface area contributed by atoms with Crippen molar-refractivity contribution < 1.29 is 5.11 Å². The summed E-state index contributed by atoms with van der Waals surface area (Å²) in [6.07, 6.45) is 2.79. The molecule has 17 heavy (non-hydrogen) atoms. The first-order chi connectivity index (χ1) is 8.22. The van der Waals surface area contributed by atoms with Crippen LogP contribution in [0.1, 0.15) is 32.8 Å². The number of aliphatic hydroxyl groups excluding tert-OH is 1. The Hall–Kier alpha value is -1.36. The van der Waals surface area contributed by atoms with Crippen LogP contribution in [0.3, 0.4) is 0 Å². The highest BCUT2D eigenvalue weighted by Gasteiger charge is 2.09. The molecule has 0 amide bonds. The zero-order valence-corrected chi connectivity index (χ0v) is 10.8. The predicted octanol–water partition coefficient (Wildman–Crippen LogP) is 1.65. The quantitative estimate of drug-likeness (QED) is 0.674. The van der Waals surface area contributed by atoms with Gasteiger partial charge in [-0.25, -0.2) is 9.97 Å². The lowest BCUT2D eigenvalue weighted by molar-refractivity contribution is 0.183. The summed E-state index contributed by atoms with van der Waals surface area (Å²) in [6.45, 7) is 7.42. The Labute approximate surface area is 103 Å². The van der Waals surface area contributed by atoms with Crippen molar-refractivity contribution in [3.8, 4) is 0 Å². The Balaban J connectivity index is 2.79. The number of hydrogen-bond donors (Lipinski definition) is 3. The third-order valence-corrected chi connectivity index (χ3v) is 2.62. The van der Waals surface area contributed by atoms with Crippen LogP contribution in [0.4, 0.5) is 11.6 Å². The van der Waals surface area contributed by atoms with Crippen molar-refractivity contribution in [1.82, 2.24) is 9.97 Å². The van der Waals surface area contributed by atoms with Gasteiger partial charge in [-0.1, -0.05) is 13.8 Å². The largest absolute Gasteiger partial charge is 0.391 e. The zero-order chi connectivity index (χ0) is 12.7. The summed E-state index contributed by atoms with van der Waals surface area (Å²) < 4.78 is 0. The first-order valence-electron chi connectivity index (χ1n) is 6.22. The first kappa shape index (κ1) is 13.7. The molecule has 1 rings (SSSR count). The molecule has 0 saturated carbocycles. The summed E-state index contributed by atoms with van der Waals surface area (Å²) in [7, 11) is 0. The van der Waals surface area contributed by atoms with Crippen LogP contribution >= 0.6 is 0 Å². The van der Waals surface area contributed by atoms with Crippen LogP contribution in [0.15, 0.2) is 6.33 Å². The number of hydrogen-bond acceptors (Lipinski definition) is 5. The minimum Gasteiger partial charge on any atom is -0.391 e. The smallest absolute Gasteiger partial charge is 0.134 e. The van der Waals surface area contributed by atoms with Crippen LogP contribution in [-0.4, -0.2) is 34.3 Å². The van der Waals surface area contributed by atoms with Crippen molar-refractivity contribution in [1.29, 1.82) is 0 Å². The lowest BCUT2D eigenvalue weighted by Crippen LogP contribution is -2.20. The second-order valence-corrected chi connectivity index (χ2v) is 3.88. The molecule has 0 fully saturated rings. The highest BCUT2D eigenvalue weighted by Crippen LogP contribution is 2.20. The third kappa shape index (κ3) is 3.85. The molecule has 1 atom stereocenters. The first-order valence-corrected chi connectivity index (χ1v) is 6.22. The molecular formula is C12H22N4O. The van der Waals surface area contributed by atoms with E-state index in [1.54, 1.807) is 0 Å². The average Bonchev–Trinajstić information content (AvgIpc) is 2.36. The molecule has 1 aromatic heterocycles. The van der Waals surface area contributed by atoms with Gasteiger partial charge in [-0.3, -0.25) is 0 Å². The van der Waals surface area contributed by atoms with Gasteiger partial charge in [-0.15, -0.1) is 0 Å². The van der Waals surface area contributed by atoms with E-state index in [0.29, 0.717) is 6.54 Å². The van der Waals surface area contributed by atoms with E-state index >= 15 is 0 Å². The van der Waals surface area contributed by atoms with Crippen LogP contribution in [0.2, 0.25) is 0 Å². The number of aliphatic hydroxyl groups is 1. The highest BCUT2D eigenvalue weighted by molar-refractivity contribution is 5.57. The molecule has 0 radical (unpaired) electrons. The molecule has 0 spiro atoms. The van der Waals surface area contributed by atoms with Gasteiger partial charge in [0.05, 0.1) is 6.10 Å². The average molecular weight is 238 g/mol. The van der Waals surface area contributed by atoms with E-state index in [4.69, 9.17) is 0 Å². The van der Waals surface area contributed by atoms with Crippen molar-refractivity contribution in [2.75, 3.05) is 23.7 Å². The van der Waals surface area contributed by atoms with Gasteiger partial charge in [0.15, 0.2) is 0 Å². The molecular weight excluding hydrogens is 216 g/mol. The fraction of sp³-hybridized carbons (Fsp3) is 0.667. The molecule has 1 unspecified atom stereocenters. The SMILES string of the molecule is CCNc1ncnc(NCC(O)CC)c1CC. The van der Waals surface area contributed by atoms with E-state index in [1.807, 2.05) is 13.8 Å². The monoisotopic (exact) mass is 238 g/mol. The van der Waals surface area contributed by atoms with E-state index in [2.05, 4.69) is 27.5 Å². The van der Waals surface area contributed by atoms with Crippen LogP contribution in [0, 0.1) is 0 Å². The molecule has 1 aromatic rings. The van der Waals surface area contributed by atoms with E-state index < -0.39 is 0 Å². The molecule has 1 heterocycles. The van der Waals surface area contributed by atoms with Crippen molar-refractivity contribution in [3.05, 3.63) is 11.9 Å².